The molecule has 0 saturated carbocycles. The number of nitrogens with one attached hydrogen (secondary N) is 1. The van der Waals surface area contributed by atoms with Crippen molar-refractivity contribution in [2.24, 2.45) is 5.73 Å². The molecule has 0 unspecified atom stereocenters. The predicted octanol–water partition coefficient (Wildman–Crippen LogP) is 0.973. The van der Waals surface area contributed by atoms with Gasteiger partial charge in [-0.1, -0.05) is 30.3 Å². The topological polar surface area (TPSA) is 81.4 Å². The van der Waals surface area contributed by atoms with Gasteiger partial charge in [-0.05, 0) is 18.9 Å². The third-order valence-electron chi connectivity index (χ3n) is 2.58. The van der Waals surface area contributed by atoms with Crippen molar-refractivity contribution in [3.8, 4) is 0 Å². The zero-order chi connectivity index (χ0) is 14.1. The number of nitrogens with two attached hydrogens (primary N) is 1. The molecule has 3 N–H and O–H groups in total. The van der Waals surface area contributed by atoms with Crippen molar-refractivity contribution >= 4 is 11.9 Å². The first-order chi connectivity index (χ1) is 9.13. The van der Waals surface area contributed by atoms with Gasteiger partial charge in [0, 0.05) is 13.0 Å². The average Bonchev–Trinajstić information content (AvgIpc) is 2.43. The van der Waals surface area contributed by atoms with E-state index in [9.17, 15) is 9.59 Å². The Morgan fingerprint density at radius 3 is 2.63 bits per heavy atom. The monoisotopic (exact) mass is 264 g/mol. The molecule has 5 nitrogen and oxygen atoms in total. The van der Waals surface area contributed by atoms with Crippen LogP contribution in [-0.4, -0.2) is 24.5 Å². The number of carbonyl (C=O) groups is 2. The van der Waals surface area contributed by atoms with E-state index < -0.39 is 12.0 Å². The smallest absolute Gasteiger partial charge is 0.323 e. The lowest BCUT2D eigenvalue weighted by molar-refractivity contribution is -0.146. The van der Waals surface area contributed by atoms with Crippen molar-refractivity contribution in [1.82, 2.24) is 5.32 Å². The summed E-state index contributed by atoms with van der Waals surface area (Å²) in [5.74, 6) is -0.582. The van der Waals surface area contributed by atoms with Crippen molar-refractivity contribution in [2.45, 2.75) is 32.4 Å². The van der Waals surface area contributed by atoms with E-state index in [-0.39, 0.29) is 18.9 Å². The maximum absolute atomic E-state index is 11.6. The number of rotatable bonds is 7. The minimum Gasteiger partial charge on any atom is -0.460 e. The molecule has 0 aliphatic carbocycles. The van der Waals surface area contributed by atoms with Crippen LogP contribution in [0.4, 0.5) is 0 Å². The highest BCUT2D eigenvalue weighted by molar-refractivity contribution is 5.79. The highest BCUT2D eigenvalue weighted by atomic mass is 16.5. The Labute approximate surface area is 113 Å². The molecule has 0 aliphatic heterocycles. The Hall–Kier alpha value is -1.88. The maximum atomic E-state index is 11.6. The van der Waals surface area contributed by atoms with Crippen LogP contribution >= 0.6 is 0 Å². The summed E-state index contributed by atoms with van der Waals surface area (Å²) in [4.78, 5) is 22.8. The zero-order valence-electron chi connectivity index (χ0n) is 11.1. The van der Waals surface area contributed by atoms with Crippen LogP contribution in [0.15, 0.2) is 30.3 Å². The summed E-state index contributed by atoms with van der Waals surface area (Å²) in [5.41, 5.74) is 6.58. The van der Waals surface area contributed by atoms with E-state index in [1.165, 1.54) is 0 Å². The summed E-state index contributed by atoms with van der Waals surface area (Å²) in [7, 11) is 0. The second-order valence-corrected chi connectivity index (χ2v) is 4.19. The second-order valence-electron chi connectivity index (χ2n) is 4.19. The van der Waals surface area contributed by atoms with Gasteiger partial charge in [0.25, 0.3) is 0 Å². The normalized spacial score (nSPS) is 11.7. The van der Waals surface area contributed by atoms with Gasteiger partial charge in [0.2, 0.25) is 5.91 Å². The molecule has 1 amide bonds. The fraction of sp³-hybridized carbons (Fsp3) is 0.429. The summed E-state index contributed by atoms with van der Waals surface area (Å²) >= 11 is 0. The van der Waals surface area contributed by atoms with E-state index >= 15 is 0 Å². The third-order valence-corrected chi connectivity index (χ3v) is 2.58. The number of amides is 1. The SMILES string of the molecule is CCNC(=O)CC[C@H](N)C(=O)OCc1ccccc1. The van der Waals surface area contributed by atoms with Gasteiger partial charge in [-0.15, -0.1) is 0 Å². The van der Waals surface area contributed by atoms with Crippen LogP contribution in [0.1, 0.15) is 25.3 Å². The zero-order valence-corrected chi connectivity index (χ0v) is 11.1. The number of benzene rings is 1. The highest BCUT2D eigenvalue weighted by Crippen LogP contribution is 2.03. The number of hydrogen-bond acceptors (Lipinski definition) is 4. The first kappa shape index (κ1) is 15.2. The molecule has 1 atom stereocenters. The Bertz CT molecular complexity index is 406. The molecule has 0 aromatic heterocycles. The molecule has 0 heterocycles. The van der Waals surface area contributed by atoms with E-state index in [1.807, 2.05) is 37.3 Å². The van der Waals surface area contributed by atoms with E-state index in [1.54, 1.807) is 0 Å². The van der Waals surface area contributed by atoms with Crippen molar-refractivity contribution < 1.29 is 14.3 Å². The molecular formula is C14H20N2O3. The Morgan fingerprint density at radius 1 is 1.32 bits per heavy atom. The lowest BCUT2D eigenvalue weighted by Gasteiger charge is -2.11. The van der Waals surface area contributed by atoms with Crippen molar-refractivity contribution in [2.75, 3.05) is 6.54 Å². The minimum absolute atomic E-state index is 0.103. The van der Waals surface area contributed by atoms with Crippen LogP contribution in [-0.2, 0) is 20.9 Å². The lowest BCUT2D eigenvalue weighted by Crippen LogP contribution is -2.34. The molecule has 1 rings (SSSR count). The largest absolute Gasteiger partial charge is 0.460 e. The van der Waals surface area contributed by atoms with Gasteiger partial charge < -0.3 is 15.8 Å². The van der Waals surface area contributed by atoms with Crippen LogP contribution < -0.4 is 11.1 Å². The van der Waals surface area contributed by atoms with Gasteiger partial charge >= 0.3 is 5.97 Å². The fourth-order valence-corrected chi connectivity index (χ4v) is 1.53. The molecule has 0 saturated heterocycles. The molecule has 19 heavy (non-hydrogen) atoms. The van der Waals surface area contributed by atoms with E-state index in [4.69, 9.17) is 10.5 Å². The van der Waals surface area contributed by atoms with Gasteiger partial charge in [0.05, 0.1) is 0 Å². The lowest BCUT2D eigenvalue weighted by atomic mass is 10.1. The van der Waals surface area contributed by atoms with E-state index in [2.05, 4.69) is 5.32 Å². The van der Waals surface area contributed by atoms with Crippen molar-refractivity contribution in [3.05, 3.63) is 35.9 Å². The van der Waals surface area contributed by atoms with Gasteiger partial charge in [0.1, 0.15) is 12.6 Å². The van der Waals surface area contributed by atoms with Crippen LogP contribution in [0, 0.1) is 0 Å². The van der Waals surface area contributed by atoms with Crippen LogP contribution in [0.2, 0.25) is 0 Å². The Morgan fingerprint density at radius 2 is 2.00 bits per heavy atom. The van der Waals surface area contributed by atoms with Crippen LogP contribution in [0.5, 0.6) is 0 Å². The van der Waals surface area contributed by atoms with Gasteiger partial charge in [-0.2, -0.15) is 0 Å². The Balaban J connectivity index is 2.27. The summed E-state index contributed by atoms with van der Waals surface area (Å²) < 4.78 is 5.09. The first-order valence-electron chi connectivity index (χ1n) is 6.36. The summed E-state index contributed by atoms with van der Waals surface area (Å²) in [6.45, 7) is 2.62. The molecule has 5 heteroatoms. The van der Waals surface area contributed by atoms with Crippen LogP contribution in [0.3, 0.4) is 0 Å². The standard InChI is InChI=1S/C14H20N2O3/c1-2-16-13(17)9-8-12(15)14(18)19-10-11-6-4-3-5-7-11/h3-7,12H,2,8-10,15H2,1H3,(H,16,17)/t12-/m0/s1. The Kier molecular flexibility index (Phi) is 6.60. The summed E-state index contributed by atoms with van der Waals surface area (Å²) in [5, 5.41) is 2.65. The molecule has 0 radical (unpaired) electrons. The summed E-state index contributed by atoms with van der Waals surface area (Å²) in [6.07, 6.45) is 0.523. The molecule has 0 fully saturated rings. The number of ether oxygens (including phenoxy) is 1. The molecule has 0 bridgehead atoms. The average molecular weight is 264 g/mol. The quantitative estimate of drug-likeness (QED) is 0.719. The molecule has 1 aromatic carbocycles. The van der Waals surface area contributed by atoms with E-state index in [0.29, 0.717) is 13.0 Å². The van der Waals surface area contributed by atoms with Gasteiger partial charge in [0.15, 0.2) is 0 Å². The highest BCUT2D eigenvalue weighted by Gasteiger charge is 2.16. The summed E-state index contributed by atoms with van der Waals surface area (Å²) in [6, 6.07) is 8.62. The van der Waals surface area contributed by atoms with E-state index in [0.717, 1.165) is 5.56 Å². The van der Waals surface area contributed by atoms with Gasteiger partial charge in [-0.25, -0.2) is 0 Å². The first-order valence-corrected chi connectivity index (χ1v) is 6.36. The third kappa shape index (κ3) is 6.01. The van der Waals surface area contributed by atoms with Crippen LogP contribution in [0.25, 0.3) is 0 Å². The minimum atomic E-state index is -0.758. The van der Waals surface area contributed by atoms with Crippen molar-refractivity contribution in [1.29, 1.82) is 0 Å². The predicted molar refractivity (Wildman–Crippen MR) is 72.1 cm³/mol. The van der Waals surface area contributed by atoms with Gasteiger partial charge in [-0.3, -0.25) is 9.59 Å². The number of carbonyl (C=O) groups excluding carboxylic acids is 2. The fourth-order valence-electron chi connectivity index (χ4n) is 1.53. The maximum Gasteiger partial charge on any atom is 0.323 e. The molecule has 104 valence electrons. The number of hydrogen-bond donors (Lipinski definition) is 2. The molecule has 0 spiro atoms. The molecule has 0 aliphatic rings. The van der Waals surface area contributed by atoms with Crippen molar-refractivity contribution in [3.63, 3.8) is 0 Å². The molecular weight excluding hydrogens is 244 g/mol. The number of esters is 1. The second kappa shape index (κ2) is 8.26. The molecule has 1 aromatic rings.